The highest BCUT2D eigenvalue weighted by atomic mass is 16.5. The Bertz CT molecular complexity index is 1680. The number of aromatic nitrogens is 2. The summed E-state index contributed by atoms with van der Waals surface area (Å²) in [6.07, 6.45) is 3.89. The van der Waals surface area contributed by atoms with E-state index in [1.54, 1.807) is 0 Å². The maximum atomic E-state index is 12.5. The molecule has 0 radical (unpaired) electrons. The summed E-state index contributed by atoms with van der Waals surface area (Å²) in [6, 6.07) is 43.7. The Morgan fingerprint density at radius 3 is 1.74 bits per heavy atom. The van der Waals surface area contributed by atoms with Gasteiger partial charge in [0.15, 0.2) is 0 Å². The fourth-order valence-corrected chi connectivity index (χ4v) is 6.18. The summed E-state index contributed by atoms with van der Waals surface area (Å²) < 4.78 is 7.86. The van der Waals surface area contributed by atoms with E-state index < -0.39 is 11.1 Å². The molecular formula is C38H36N2O2. The molecular weight excluding hydrogens is 516 g/mol. The predicted molar refractivity (Wildman–Crippen MR) is 170 cm³/mol. The lowest BCUT2D eigenvalue weighted by Gasteiger charge is -2.37. The van der Waals surface area contributed by atoms with Gasteiger partial charge in [-0.3, -0.25) is 0 Å². The first-order chi connectivity index (χ1) is 20.5. The van der Waals surface area contributed by atoms with Crippen LogP contribution in [0.15, 0.2) is 140 Å². The van der Waals surface area contributed by atoms with Crippen molar-refractivity contribution in [3.05, 3.63) is 168 Å². The molecule has 4 heteroatoms. The van der Waals surface area contributed by atoms with Gasteiger partial charge < -0.3 is 14.4 Å². The van der Waals surface area contributed by atoms with Crippen LogP contribution in [0.25, 0.3) is 10.8 Å². The lowest BCUT2D eigenvalue weighted by molar-refractivity contribution is 0.0279. The molecule has 4 nitrogen and oxygen atoms in total. The standard InChI is InChI=1S/C38H36N2O2/c1-4-42-35-23-21-29-24-34(22-20-30(29)25-35)38(41,28(2)3)36-26-40(27-39-36)37(31-14-8-5-9-15-31,32-16-10-6-11-17-32)33-18-12-7-13-19-33/h5-28,41H,4H2,1-3H3. The first-order valence-corrected chi connectivity index (χ1v) is 14.6. The van der Waals surface area contributed by atoms with Gasteiger partial charge in [0.25, 0.3) is 0 Å². The third-order valence-electron chi connectivity index (χ3n) is 8.33. The number of rotatable bonds is 9. The van der Waals surface area contributed by atoms with E-state index in [2.05, 4.69) is 95.6 Å². The number of aliphatic hydroxyl groups is 1. The van der Waals surface area contributed by atoms with Crippen LogP contribution in [0, 0.1) is 5.92 Å². The molecule has 0 aliphatic heterocycles. The van der Waals surface area contributed by atoms with Crippen molar-refractivity contribution in [1.29, 1.82) is 0 Å². The molecule has 6 aromatic rings. The van der Waals surface area contributed by atoms with E-state index in [-0.39, 0.29) is 5.92 Å². The number of benzene rings is 5. The van der Waals surface area contributed by atoms with Crippen LogP contribution >= 0.6 is 0 Å². The minimum atomic E-state index is -1.31. The van der Waals surface area contributed by atoms with Crippen LogP contribution in [0.3, 0.4) is 0 Å². The van der Waals surface area contributed by atoms with Crippen LogP contribution in [0.5, 0.6) is 5.75 Å². The molecule has 0 bridgehead atoms. The molecule has 1 unspecified atom stereocenters. The van der Waals surface area contributed by atoms with Gasteiger partial charge in [0.05, 0.1) is 18.6 Å². The Balaban J connectivity index is 1.55. The quantitative estimate of drug-likeness (QED) is 0.184. The number of nitrogens with zero attached hydrogens (tertiary/aromatic N) is 2. The maximum absolute atomic E-state index is 12.5. The van der Waals surface area contributed by atoms with Crippen molar-refractivity contribution < 1.29 is 9.84 Å². The summed E-state index contributed by atoms with van der Waals surface area (Å²) in [5, 5.41) is 14.6. The van der Waals surface area contributed by atoms with E-state index in [1.807, 2.05) is 69.7 Å². The minimum Gasteiger partial charge on any atom is -0.494 e. The van der Waals surface area contributed by atoms with E-state index >= 15 is 0 Å². The number of imidazole rings is 1. The number of hydrogen-bond acceptors (Lipinski definition) is 3. The highest BCUT2D eigenvalue weighted by Gasteiger charge is 2.42. The molecule has 0 aliphatic rings. The fourth-order valence-electron chi connectivity index (χ4n) is 6.18. The summed E-state index contributed by atoms with van der Waals surface area (Å²) in [5.41, 5.74) is 2.72. The maximum Gasteiger partial charge on any atom is 0.135 e. The van der Waals surface area contributed by atoms with Crippen molar-refractivity contribution in [2.75, 3.05) is 6.61 Å². The first-order valence-electron chi connectivity index (χ1n) is 14.6. The molecule has 1 atom stereocenters. The van der Waals surface area contributed by atoms with Gasteiger partial charge in [0, 0.05) is 6.20 Å². The second kappa shape index (κ2) is 11.3. The topological polar surface area (TPSA) is 47.3 Å². The lowest BCUT2D eigenvalue weighted by Crippen LogP contribution is -2.37. The smallest absolute Gasteiger partial charge is 0.135 e. The molecule has 1 aromatic heterocycles. The van der Waals surface area contributed by atoms with Crippen LogP contribution in [0.2, 0.25) is 0 Å². The monoisotopic (exact) mass is 552 g/mol. The highest BCUT2D eigenvalue weighted by molar-refractivity contribution is 5.85. The van der Waals surface area contributed by atoms with Crippen LogP contribution in [-0.2, 0) is 11.1 Å². The minimum absolute atomic E-state index is 0.138. The number of fused-ring (bicyclic) bond motifs is 1. The molecule has 0 fully saturated rings. The lowest BCUT2D eigenvalue weighted by atomic mass is 9.76. The highest BCUT2D eigenvalue weighted by Crippen LogP contribution is 2.43. The van der Waals surface area contributed by atoms with E-state index in [9.17, 15) is 5.11 Å². The van der Waals surface area contributed by atoms with Gasteiger partial charge in [-0.25, -0.2) is 4.98 Å². The molecule has 0 saturated heterocycles. The van der Waals surface area contributed by atoms with Gasteiger partial charge in [-0.15, -0.1) is 0 Å². The average Bonchev–Trinajstić information content (AvgIpc) is 3.53. The molecule has 0 amide bonds. The van der Waals surface area contributed by atoms with Gasteiger partial charge in [-0.1, -0.05) is 123 Å². The van der Waals surface area contributed by atoms with Crippen molar-refractivity contribution >= 4 is 10.8 Å². The molecule has 5 aromatic carbocycles. The van der Waals surface area contributed by atoms with Crippen molar-refractivity contribution in [2.45, 2.75) is 31.9 Å². The van der Waals surface area contributed by atoms with Gasteiger partial charge in [-0.05, 0) is 64.1 Å². The second-order valence-electron chi connectivity index (χ2n) is 11.1. The number of ether oxygens (including phenoxy) is 1. The van der Waals surface area contributed by atoms with Crippen LogP contribution in [0.4, 0.5) is 0 Å². The average molecular weight is 553 g/mol. The molecule has 42 heavy (non-hydrogen) atoms. The van der Waals surface area contributed by atoms with Gasteiger partial charge in [0.1, 0.15) is 16.9 Å². The van der Waals surface area contributed by atoms with E-state index in [0.29, 0.717) is 12.3 Å². The molecule has 210 valence electrons. The Kier molecular flexibility index (Phi) is 7.40. The van der Waals surface area contributed by atoms with Crippen molar-refractivity contribution in [3.63, 3.8) is 0 Å². The zero-order valence-electron chi connectivity index (χ0n) is 24.3. The Hall–Kier alpha value is -4.67. The first kappa shape index (κ1) is 27.5. The van der Waals surface area contributed by atoms with Gasteiger partial charge >= 0.3 is 0 Å². The van der Waals surface area contributed by atoms with E-state index in [0.717, 1.165) is 38.8 Å². The zero-order chi connectivity index (χ0) is 29.2. The summed E-state index contributed by atoms with van der Waals surface area (Å²) in [4.78, 5) is 4.94. The molecule has 1 N–H and O–H groups in total. The zero-order valence-corrected chi connectivity index (χ0v) is 24.3. The molecule has 6 rings (SSSR count). The van der Waals surface area contributed by atoms with Crippen molar-refractivity contribution in [2.24, 2.45) is 5.92 Å². The van der Waals surface area contributed by atoms with E-state index in [1.165, 1.54) is 0 Å². The van der Waals surface area contributed by atoms with Crippen molar-refractivity contribution in [1.82, 2.24) is 9.55 Å². The van der Waals surface area contributed by atoms with Crippen LogP contribution < -0.4 is 4.74 Å². The third kappa shape index (κ3) is 4.58. The molecule has 0 spiro atoms. The normalized spacial score (nSPS) is 13.3. The van der Waals surface area contributed by atoms with E-state index in [4.69, 9.17) is 9.72 Å². The van der Waals surface area contributed by atoms with Gasteiger partial charge in [-0.2, -0.15) is 0 Å². The summed E-state index contributed by atoms with van der Waals surface area (Å²) >= 11 is 0. The third-order valence-corrected chi connectivity index (χ3v) is 8.33. The summed E-state index contributed by atoms with van der Waals surface area (Å²) in [5.74, 6) is 0.704. The van der Waals surface area contributed by atoms with Crippen LogP contribution in [0.1, 0.15) is 48.7 Å². The predicted octanol–water partition coefficient (Wildman–Crippen LogP) is 8.17. The Morgan fingerprint density at radius 2 is 1.21 bits per heavy atom. The largest absolute Gasteiger partial charge is 0.494 e. The molecule has 1 heterocycles. The Morgan fingerprint density at radius 1 is 0.690 bits per heavy atom. The summed E-state index contributed by atoms with van der Waals surface area (Å²) in [7, 11) is 0. The molecule has 0 saturated carbocycles. The van der Waals surface area contributed by atoms with Crippen molar-refractivity contribution in [3.8, 4) is 5.75 Å². The van der Waals surface area contributed by atoms with Crippen LogP contribution in [-0.4, -0.2) is 21.3 Å². The summed E-state index contributed by atoms with van der Waals surface area (Å²) in [6.45, 7) is 6.69. The Labute approximate surface area is 247 Å². The number of hydrogen-bond donors (Lipinski definition) is 1. The second-order valence-corrected chi connectivity index (χ2v) is 11.1. The fraction of sp³-hybridized carbons (Fsp3) is 0.184. The SMILES string of the molecule is CCOc1ccc2cc(C(O)(c3cn(C(c4ccccc4)(c4ccccc4)c4ccccc4)cn3)C(C)C)ccc2c1. The molecule has 0 aliphatic carbocycles. The van der Waals surface area contributed by atoms with Gasteiger partial charge in [0.2, 0.25) is 0 Å².